The number of ether oxygens (including phenoxy) is 1. The second-order valence-corrected chi connectivity index (χ2v) is 4.84. The molecular formula is C14H20N2O3. The van der Waals surface area contributed by atoms with Gasteiger partial charge in [-0.2, -0.15) is 0 Å². The first-order valence-electron chi connectivity index (χ1n) is 6.68. The van der Waals surface area contributed by atoms with E-state index in [2.05, 4.69) is 5.32 Å². The van der Waals surface area contributed by atoms with E-state index in [0.717, 1.165) is 30.4 Å². The van der Waals surface area contributed by atoms with E-state index in [-0.39, 0.29) is 18.2 Å². The summed E-state index contributed by atoms with van der Waals surface area (Å²) >= 11 is 0. The number of Topliss-reactive ketones (excluding diaryl/α,β-unsaturated/α-hetero) is 1. The van der Waals surface area contributed by atoms with Crippen LogP contribution in [0.15, 0.2) is 12.4 Å². The second kappa shape index (κ2) is 6.52. The third kappa shape index (κ3) is 3.67. The Morgan fingerprint density at radius 2 is 2.16 bits per heavy atom. The van der Waals surface area contributed by atoms with Crippen molar-refractivity contribution in [1.82, 2.24) is 9.88 Å². The number of ketones is 1. The van der Waals surface area contributed by atoms with Crippen LogP contribution in [0.1, 0.15) is 35.2 Å². The molecule has 1 aromatic heterocycles. The maximum atomic E-state index is 11.9. The quantitative estimate of drug-likeness (QED) is 0.641. The molecule has 19 heavy (non-hydrogen) atoms. The van der Waals surface area contributed by atoms with Gasteiger partial charge in [0.25, 0.3) is 0 Å². The van der Waals surface area contributed by atoms with Crippen LogP contribution >= 0.6 is 0 Å². The van der Waals surface area contributed by atoms with E-state index in [0.29, 0.717) is 19.6 Å². The van der Waals surface area contributed by atoms with Crippen LogP contribution in [0.5, 0.6) is 0 Å². The first kappa shape index (κ1) is 13.8. The number of amides is 1. The van der Waals surface area contributed by atoms with Crippen LogP contribution in [0.25, 0.3) is 0 Å². The maximum Gasteiger partial charge on any atom is 0.239 e. The molecule has 0 saturated heterocycles. The van der Waals surface area contributed by atoms with Crippen LogP contribution in [0, 0.1) is 0 Å². The molecule has 0 radical (unpaired) electrons. The molecule has 1 aromatic rings. The van der Waals surface area contributed by atoms with Gasteiger partial charge < -0.3 is 14.6 Å². The molecule has 1 heterocycles. The van der Waals surface area contributed by atoms with E-state index in [1.807, 2.05) is 6.20 Å². The number of carbonyl (C=O) groups is 2. The highest BCUT2D eigenvalue weighted by atomic mass is 16.5. The number of nitrogens with zero attached hydrogens (tertiary/aromatic N) is 1. The Morgan fingerprint density at radius 3 is 2.95 bits per heavy atom. The van der Waals surface area contributed by atoms with Gasteiger partial charge in [0.05, 0.1) is 6.61 Å². The van der Waals surface area contributed by atoms with Gasteiger partial charge >= 0.3 is 0 Å². The highest BCUT2D eigenvalue weighted by molar-refractivity contribution is 5.97. The number of fused-ring (bicyclic) bond motifs is 1. The molecule has 0 atom stereocenters. The molecular weight excluding hydrogens is 244 g/mol. The Hall–Kier alpha value is -1.62. The Balaban J connectivity index is 1.97. The average Bonchev–Trinajstić information content (AvgIpc) is 2.70. The summed E-state index contributed by atoms with van der Waals surface area (Å²) in [6.07, 6.45) is 7.29. The van der Waals surface area contributed by atoms with E-state index in [1.165, 1.54) is 0 Å². The van der Waals surface area contributed by atoms with Gasteiger partial charge in [0.2, 0.25) is 5.91 Å². The van der Waals surface area contributed by atoms with Crippen molar-refractivity contribution in [3.63, 3.8) is 0 Å². The lowest BCUT2D eigenvalue weighted by Gasteiger charge is -2.05. The summed E-state index contributed by atoms with van der Waals surface area (Å²) < 4.78 is 6.67. The summed E-state index contributed by atoms with van der Waals surface area (Å²) in [7, 11) is 1.60. The van der Waals surface area contributed by atoms with Crippen molar-refractivity contribution in [3.05, 3.63) is 23.5 Å². The van der Waals surface area contributed by atoms with Gasteiger partial charge in [-0.3, -0.25) is 9.59 Å². The summed E-state index contributed by atoms with van der Waals surface area (Å²) in [6.45, 7) is 1.27. The van der Waals surface area contributed by atoms with Crippen molar-refractivity contribution in [2.45, 2.75) is 32.2 Å². The third-order valence-electron chi connectivity index (χ3n) is 3.32. The predicted molar refractivity (Wildman–Crippen MR) is 71.2 cm³/mol. The molecule has 0 bridgehead atoms. The molecule has 1 N–H and O–H groups in total. The second-order valence-electron chi connectivity index (χ2n) is 4.84. The highest BCUT2D eigenvalue weighted by Crippen LogP contribution is 2.21. The number of aromatic nitrogens is 1. The molecule has 5 heteroatoms. The van der Waals surface area contributed by atoms with Crippen LogP contribution in [0.2, 0.25) is 0 Å². The predicted octanol–water partition coefficient (Wildman–Crippen LogP) is 1.16. The van der Waals surface area contributed by atoms with E-state index < -0.39 is 0 Å². The lowest BCUT2D eigenvalue weighted by Crippen LogP contribution is -2.30. The zero-order valence-electron chi connectivity index (χ0n) is 11.3. The van der Waals surface area contributed by atoms with Gasteiger partial charge in [0, 0.05) is 38.0 Å². The lowest BCUT2D eigenvalue weighted by molar-refractivity contribution is -0.121. The van der Waals surface area contributed by atoms with Crippen LogP contribution in [0.4, 0.5) is 0 Å². The molecule has 0 aliphatic heterocycles. The maximum absolute atomic E-state index is 11.9. The molecule has 2 rings (SSSR count). The molecule has 1 amide bonds. The molecule has 1 aliphatic carbocycles. The van der Waals surface area contributed by atoms with Gasteiger partial charge in [0.15, 0.2) is 5.78 Å². The zero-order valence-corrected chi connectivity index (χ0v) is 11.3. The first-order chi connectivity index (χ1) is 9.20. The minimum Gasteiger partial charge on any atom is -0.383 e. The largest absolute Gasteiger partial charge is 0.383 e. The fraction of sp³-hybridized carbons (Fsp3) is 0.571. The van der Waals surface area contributed by atoms with Crippen LogP contribution in [-0.2, 0) is 22.5 Å². The summed E-state index contributed by atoms with van der Waals surface area (Å²) in [5.74, 6) is 0.140. The molecule has 0 unspecified atom stereocenters. The van der Waals surface area contributed by atoms with E-state index >= 15 is 0 Å². The molecule has 0 spiro atoms. The topological polar surface area (TPSA) is 60.3 Å². The summed E-state index contributed by atoms with van der Waals surface area (Å²) in [5, 5.41) is 2.77. The smallest absolute Gasteiger partial charge is 0.239 e. The number of hydrogen-bond acceptors (Lipinski definition) is 3. The Morgan fingerprint density at radius 1 is 1.37 bits per heavy atom. The van der Waals surface area contributed by atoms with E-state index in [4.69, 9.17) is 4.74 Å². The summed E-state index contributed by atoms with van der Waals surface area (Å²) in [6, 6.07) is 0. The van der Waals surface area contributed by atoms with Crippen LogP contribution < -0.4 is 5.32 Å². The zero-order chi connectivity index (χ0) is 13.7. The lowest BCUT2D eigenvalue weighted by atomic mass is 10.1. The average molecular weight is 264 g/mol. The monoisotopic (exact) mass is 264 g/mol. The minimum absolute atomic E-state index is 0.0605. The molecule has 1 aliphatic rings. The molecule has 0 saturated carbocycles. The third-order valence-corrected chi connectivity index (χ3v) is 3.32. The number of carbonyl (C=O) groups excluding carboxylic acids is 2. The van der Waals surface area contributed by atoms with Crippen molar-refractivity contribution in [1.29, 1.82) is 0 Å². The van der Waals surface area contributed by atoms with Gasteiger partial charge in [-0.05, 0) is 24.8 Å². The molecule has 0 fully saturated rings. The van der Waals surface area contributed by atoms with Gasteiger partial charge in [-0.15, -0.1) is 0 Å². The van der Waals surface area contributed by atoms with Gasteiger partial charge in [-0.25, -0.2) is 0 Å². The minimum atomic E-state index is -0.0605. The molecule has 5 nitrogen and oxygen atoms in total. The standard InChI is InChI=1S/C14H20N2O3/c1-19-7-6-15-14(18)10-16-8-11-4-2-3-5-13(17)12(11)9-16/h8-9H,2-7,10H2,1H3,(H,15,18). The number of hydrogen-bond donors (Lipinski definition) is 1. The number of methoxy groups -OCH3 is 1. The normalized spacial score (nSPS) is 14.9. The summed E-state index contributed by atoms with van der Waals surface area (Å²) in [5.41, 5.74) is 1.87. The summed E-state index contributed by atoms with van der Waals surface area (Å²) in [4.78, 5) is 23.6. The van der Waals surface area contributed by atoms with Gasteiger partial charge in [0.1, 0.15) is 6.54 Å². The van der Waals surface area contributed by atoms with Crippen LogP contribution in [0.3, 0.4) is 0 Å². The number of rotatable bonds is 5. The Bertz CT molecular complexity index is 465. The van der Waals surface area contributed by atoms with Crippen LogP contribution in [-0.4, -0.2) is 36.5 Å². The molecule has 104 valence electrons. The Kier molecular flexibility index (Phi) is 4.74. The van der Waals surface area contributed by atoms with E-state index in [1.54, 1.807) is 17.9 Å². The Labute approximate surface area is 112 Å². The fourth-order valence-electron chi connectivity index (χ4n) is 2.35. The SMILES string of the molecule is COCCNC(=O)Cn1cc2c(c1)C(=O)CCCC2. The van der Waals surface area contributed by atoms with Crippen molar-refractivity contribution in [3.8, 4) is 0 Å². The van der Waals surface area contributed by atoms with Crippen molar-refractivity contribution in [2.24, 2.45) is 0 Å². The molecule has 0 aromatic carbocycles. The first-order valence-corrected chi connectivity index (χ1v) is 6.68. The van der Waals surface area contributed by atoms with Crippen molar-refractivity contribution >= 4 is 11.7 Å². The van der Waals surface area contributed by atoms with Crippen molar-refractivity contribution in [2.75, 3.05) is 20.3 Å². The van der Waals surface area contributed by atoms with Crippen molar-refractivity contribution < 1.29 is 14.3 Å². The number of aryl methyl sites for hydroxylation is 1. The van der Waals surface area contributed by atoms with Gasteiger partial charge in [-0.1, -0.05) is 0 Å². The fourth-order valence-corrected chi connectivity index (χ4v) is 2.35. The van der Waals surface area contributed by atoms with E-state index in [9.17, 15) is 9.59 Å². The number of nitrogens with one attached hydrogen (secondary N) is 1. The highest BCUT2D eigenvalue weighted by Gasteiger charge is 2.18.